The van der Waals surface area contributed by atoms with Crippen LogP contribution < -0.4 is 15.6 Å². The third-order valence-corrected chi connectivity index (χ3v) is 5.82. The van der Waals surface area contributed by atoms with Gasteiger partial charge in [-0.15, -0.1) is 0 Å². The molecule has 1 saturated heterocycles. The van der Waals surface area contributed by atoms with Crippen LogP contribution in [0.3, 0.4) is 0 Å². The second-order valence-corrected chi connectivity index (χ2v) is 7.79. The van der Waals surface area contributed by atoms with Crippen LogP contribution >= 0.6 is 0 Å². The van der Waals surface area contributed by atoms with E-state index in [-0.39, 0.29) is 5.56 Å². The summed E-state index contributed by atoms with van der Waals surface area (Å²) in [6.45, 7) is 2.03. The van der Waals surface area contributed by atoms with Crippen LogP contribution in [0.2, 0.25) is 0 Å². The summed E-state index contributed by atoms with van der Waals surface area (Å²) in [4.78, 5) is 22.2. The fourth-order valence-electron chi connectivity index (χ4n) is 4.03. The van der Waals surface area contributed by atoms with Crippen LogP contribution in [0.4, 0.5) is 0 Å². The van der Waals surface area contributed by atoms with Gasteiger partial charge in [0.15, 0.2) is 0 Å². The number of nitrogens with one attached hydrogen (secondary N) is 1. The molecule has 158 valence electrons. The van der Waals surface area contributed by atoms with Crippen molar-refractivity contribution in [1.29, 1.82) is 5.26 Å². The van der Waals surface area contributed by atoms with Crippen LogP contribution in [-0.4, -0.2) is 34.7 Å². The number of nitrogens with zero attached hydrogens (tertiary/aromatic N) is 4. The standard InChI is InChI=1S/C24H25N5O2/c1-29-23(17-5-8-20(31-2)9-6-17)22(18-4-7-19(13-25)27-15-18)28-21(24(29)30)10-3-16-11-12-26-14-16/h4-9,15-16,26H,3,10-12,14H2,1-2H3/t16-/m0/s1. The smallest absolute Gasteiger partial charge is 0.272 e. The second-order valence-electron chi connectivity index (χ2n) is 7.79. The van der Waals surface area contributed by atoms with Crippen molar-refractivity contribution in [3.63, 3.8) is 0 Å². The molecule has 1 N–H and O–H groups in total. The Labute approximate surface area is 181 Å². The maximum absolute atomic E-state index is 13.2. The van der Waals surface area contributed by atoms with Crippen molar-refractivity contribution in [3.05, 3.63) is 64.3 Å². The van der Waals surface area contributed by atoms with Gasteiger partial charge in [0, 0.05) is 24.4 Å². The molecule has 3 heterocycles. The van der Waals surface area contributed by atoms with Gasteiger partial charge in [-0.25, -0.2) is 9.97 Å². The lowest BCUT2D eigenvalue weighted by molar-refractivity contribution is 0.415. The van der Waals surface area contributed by atoms with Gasteiger partial charge in [-0.05, 0) is 74.7 Å². The summed E-state index contributed by atoms with van der Waals surface area (Å²) in [7, 11) is 3.40. The molecule has 0 radical (unpaired) electrons. The molecule has 0 unspecified atom stereocenters. The maximum atomic E-state index is 13.2. The Morgan fingerprint density at radius 1 is 1.23 bits per heavy atom. The van der Waals surface area contributed by atoms with Gasteiger partial charge in [0.1, 0.15) is 23.2 Å². The first-order valence-corrected chi connectivity index (χ1v) is 10.4. The number of rotatable bonds is 6. The predicted octanol–water partition coefficient (Wildman–Crippen LogP) is 2.93. The zero-order valence-corrected chi connectivity index (χ0v) is 17.8. The van der Waals surface area contributed by atoms with Crippen molar-refractivity contribution in [3.8, 4) is 34.3 Å². The first-order chi connectivity index (χ1) is 15.1. The molecule has 0 saturated carbocycles. The van der Waals surface area contributed by atoms with Gasteiger partial charge >= 0.3 is 0 Å². The summed E-state index contributed by atoms with van der Waals surface area (Å²) in [5.41, 5.74) is 3.85. The van der Waals surface area contributed by atoms with Crippen LogP contribution in [0.25, 0.3) is 22.5 Å². The zero-order chi connectivity index (χ0) is 21.8. The summed E-state index contributed by atoms with van der Waals surface area (Å²) < 4.78 is 6.94. The molecule has 3 aromatic rings. The van der Waals surface area contributed by atoms with Gasteiger partial charge in [-0.2, -0.15) is 5.26 Å². The fraction of sp³-hybridized carbons (Fsp3) is 0.333. The lowest BCUT2D eigenvalue weighted by Gasteiger charge is -2.17. The topological polar surface area (TPSA) is 92.8 Å². The maximum Gasteiger partial charge on any atom is 0.272 e. The molecule has 1 atom stereocenters. The van der Waals surface area contributed by atoms with Crippen LogP contribution in [0.1, 0.15) is 24.2 Å². The van der Waals surface area contributed by atoms with Crippen LogP contribution in [0.5, 0.6) is 5.75 Å². The monoisotopic (exact) mass is 415 g/mol. The Bertz CT molecular complexity index is 1150. The van der Waals surface area contributed by atoms with Gasteiger partial charge in [0.2, 0.25) is 0 Å². The van der Waals surface area contributed by atoms with Gasteiger partial charge in [0.25, 0.3) is 5.56 Å². The molecule has 2 aromatic heterocycles. The number of hydrogen-bond donors (Lipinski definition) is 1. The van der Waals surface area contributed by atoms with Crippen molar-refractivity contribution in [2.24, 2.45) is 13.0 Å². The van der Waals surface area contributed by atoms with E-state index in [1.807, 2.05) is 36.4 Å². The van der Waals surface area contributed by atoms with Crippen LogP contribution in [0, 0.1) is 17.2 Å². The Morgan fingerprint density at radius 2 is 2.00 bits per heavy atom. The molecule has 7 nitrogen and oxygen atoms in total. The molecule has 0 spiro atoms. The highest BCUT2D eigenvalue weighted by atomic mass is 16.5. The molecule has 7 heteroatoms. The summed E-state index contributed by atoms with van der Waals surface area (Å²) in [5.74, 6) is 1.32. The number of pyridine rings is 1. The number of aromatic nitrogens is 3. The number of nitriles is 1. The van der Waals surface area contributed by atoms with E-state index in [0.717, 1.165) is 42.8 Å². The number of ether oxygens (including phenoxy) is 1. The van der Waals surface area contributed by atoms with E-state index in [0.29, 0.717) is 35.1 Å². The summed E-state index contributed by atoms with van der Waals surface area (Å²) >= 11 is 0. The molecule has 0 bridgehead atoms. The Balaban J connectivity index is 1.82. The van der Waals surface area contributed by atoms with Gasteiger partial charge in [-0.3, -0.25) is 4.79 Å². The number of aryl methyl sites for hydroxylation is 1. The number of benzene rings is 1. The average molecular weight is 415 g/mol. The van der Waals surface area contributed by atoms with E-state index < -0.39 is 0 Å². The third-order valence-electron chi connectivity index (χ3n) is 5.82. The van der Waals surface area contributed by atoms with Crippen LogP contribution in [0.15, 0.2) is 47.4 Å². The average Bonchev–Trinajstić information content (AvgIpc) is 3.34. The minimum atomic E-state index is -0.0814. The Hall–Kier alpha value is -3.50. The van der Waals surface area contributed by atoms with Crippen molar-refractivity contribution in [2.75, 3.05) is 20.2 Å². The SMILES string of the molecule is COc1ccc(-c2c(-c3ccc(C#N)nc3)nc(CC[C@H]3CCNC3)c(=O)n2C)cc1. The van der Waals surface area contributed by atoms with Crippen molar-refractivity contribution < 1.29 is 4.74 Å². The number of hydrogen-bond acceptors (Lipinski definition) is 6. The van der Waals surface area contributed by atoms with Gasteiger partial charge < -0.3 is 14.6 Å². The quantitative estimate of drug-likeness (QED) is 0.665. The fourth-order valence-corrected chi connectivity index (χ4v) is 4.03. The van der Waals surface area contributed by atoms with Crippen molar-refractivity contribution in [1.82, 2.24) is 19.9 Å². The van der Waals surface area contributed by atoms with E-state index >= 15 is 0 Å². The molecular weight excluding hydrogens is 390 g/mol. The minimum absolute atomic E-state index is 0.0814. The third kappa shape index (κ3) is 4.35. The summed E-state index contributed by atoms with van der Waals surface area (Å²) in [6, 6.07) is 13.1. The van der Waals surface area contributed by atoms with Crippen molar-refractivity contribution in [2.45, 2.75) is 19.3 Å². The van der Waals surface area contributed by atoms with E-state index in [1.165, 1.54) is 0 Å². The normalized spacial score (nSPS) is 15.6. The van der Waals surface area contributed by atoms with Gasteiger partial charge in [-0.1, -0.05) is 0 Å². The highest BCUT2D eigenvalue weighted by Gasteiger charge is 2.20. The molecule has 31 heavy (non-hydrogen) atoms. The van der Waals surface area contributed by atoms with Crippen LogP contribution in [-0.2, 0) is 13.5 Å². The Kier molecular flexibility index (Phi) is 6.10. The molecule has 1 aliphatic heterocycles. The first kappa shape index (κ1) is 20.8. The molecule has 4 rings (SSSR count). The molecule has 1 aromatic carbocycles. The molecule has 1 aliphatic rings. The predicted molar refractivity (Wildman–Crippen MR) is 119 cm³/mol. The lowest BCUT2D eigenvalue weighted by Crippen LogP contribution is -2.26. The summed E-state index contributed by atoms with van der Waals surface area (Å²) in [6.07, 6.45) is 4.35. The second kappa shape index (κ2) is 9.11. The molecule has 1 fully saturated rings. The largest absolute Gasteiger partial charge is 0.497 e. The van der Waals surface area contributed by atoms with E-state index in [9.17, 15) is 4.79 Å². The van der Waals surface area contributed by atoms with Gasteiger partial charge in [0.05, 0.1) is 18.5 Å². The van der Waals surface area contributed by atoms with E-state index in [1.54, 1.807) is 31.0 Å². The van der Waals surface area contributed by atoms with E-state index in [2.05, 4.69) is 10.3 Å². The zero-order valence-electron chi connectivity index (χ0n) is 17.8. The first-order valence-electron chi connectivity index (χ1n) is 10.4. The minimum Gasteiger partial charge on any atom is -0.497 e. The van der Waals surface area contributed by atoms with Crippen molar-refractivity contribution >= 4 is 0 Å². The highest BCUT2D eigenvalue weighted by Crippen LogP contribution is 2.30. The van der Waals surface area contributed by atoms with E-state index in [4.69, 9.17) is 15.0 Å². The highest BCUT2D eigenvalue weighted by molar-refractivity contribution is 5.78. The number of methoxy groups -OCH3 is 1. The molecule has 0 amide bonds. The lowest BCUT2D eigenvalue weighted by atomic mass is 10.00. The molecular formula is C24H25N5O2. The molecule has 0 aliphatic carbocycles. The Morgan fingerprint density at radius 3 is 2.61 bits per heavy atom. The summed E-state index contributed by atoms with van der Waals surface area (Å²) in [5, 5.41) is 12.5.